The van der Waals surface area contributed by atoms with E-state index in [1.54, 1.807) is 0 Å². The van der Waals surface area contributed by atoms with E-state index in [9.17, 15) is 5.11 Å². The summed E-state index contributed by atoms with van der Waals surface area (Å²) < 4.78 is 5.64. The van der Waals surface area contributed by atoms with Crippen LogP contribution in [0.2, 0.25) is 0 Å². The van der Waals surface area contributed by atoms with Crippen molar-refractivity contribution in [3.05, 3.63) is 24.3 Å². The van der Waals surface area contributed by atoms with Gasteiger partial charge in [-0.05, 0) is 37.5 Å². The Morgan fingerprint density at radius 3 is 2.46 bits per heavy atom. The van der Waals surface area contributed by atoms with Crippen molar-refractivity contribution in [2.75, 3.05) is 0 Å². The second-order valence-corrected chi connectivity index (χ2v) is 8.45. The Bertz CT molecular complexity index is 365. The van der Waals surface area contributed by atoms with Crippen LogP contribution in [0.1, 0.15) is 91.9 Å². The Labute approximate surface area is 150 Å². The van der Waals surface area contributed by atoms with Gasteiger partial charge < -0.3 is 9.84 Å². The third kappa shape index (κ3) is 11.9. The molecule has 1 rings (SSSR count). The molecule has 1 aliphatic rings. The first kappa shape index (κ1) is 21.4. The third-order valence-corrected chi connectivity index (χ3v) is 4.59. The molecule has 140 valence electrons. The SMILES string of the molecule is CCCCCCCC/C=C\CC(O)/C=C/C1OC1CCC(C)(C)C. The number of hydrogen-bond acceptors (Lipinski definition) is 2. The largest absolute Gasteiger partial charge is 0.389 e. The number of epoxide rings is 1. The van der Waals surface area contributed by atoms with Gasteiger partial charge in [-0.2, -0.15) is 0 Å². The predicted octanol–water partition coefficient (Wildman–Crippen LogP) is 6.19. The Morgan fingerprint density at radius 2 is 1.75 bits per heavy atom. The van der Waals surface area contributed by atoms with Gasteiger partial charge in [0.25, 0.3) is 0 Å². The van der Waals surface area contributed by atoms with Crippen LogP contribution in [-0.2, 0) is 4.74 Å². The molecule has 1 saturated heterocycles. The maximum absolute atomic E-state index is 9.98. The lowest BCUT2D eigenvalue weighted by Crippen LogP contribution is -2.07. The summed E-state index contributed by atoms with van der Waals surface area (Å²) in [6.07, 6.45) is 20.7. The lowest BCUT2D eigenvalue weighted by atomic mass is 9.89. The topological polar surface area (TPSA) is 32.8 Å². The predicted molar refractivity (Wildman–Crippen MR) is 104 cm³/mol. The fourth-order valence-corrected chi connectivity index (χ4v) is 2.85. The number of rotatable bonds is 13. The molecule has 2 heteroatoms. The monoisotopic (exact) mass is 336 g/mol. The summed E-state index contributed by atoms with van der Waals surface area (Å²) in [6, 6.07) is 0. The first-order chi connectivity index (χ1) is 11.4. The Hall–Kier alpha value is -0.600. The minimum absolute atomic E-state index is 0.231. The highest BCUT2D eigenvalue weighted by atomic mass is 16.6. The molecule has 0 spiro atoms. The molecule has 1 fully saturated rings. The molecule has 1 heterocycles. The van der Waals surface area contributed by atoms with Crippen molar-refractivity contribution in [1.29, 1.82) is 0 Å². The van der Waals surface area contributed by atoms with Crippen LogP contribution in [0.3, 0.4) is 0 Å². The highest BCUT2D eigenvalue weighted by molar-refractivity contribution is 5.05. The molecule has 0 aromatic carbocycles. The highest BCUT2D eigenvalue weighted by Gasteiger charge is 2.36. The van der Waals surface area contributed by atoms with E-state index in [1.165, 1.54) is 44.9 Å². The number of aliphatic hydroxyl groups is 1. The maximum atomic E-state index is 9.98. The van der Waals surface area contributed by atoms with Crippen molar-refractivity contribution in [1.82, 2.24) is 0 Å². The van der Waals surface area contributed by atoms with Crippen molar-refractivity contribution in [3.63, 3.8) is 0 Å². The quantitative estimate of drug-likeness (QED) is 0.247. The van der Waals surface area contributed by atoms with Gasteiger partial charge in [-0.3, -0.25) is 0 Å². The normalized spacial score (nSPS) is 22.5. The average molecular weight is 337 g/mol. The maximum Gasteiger partial charge on any atom is 0.102 e. The molecule has 24 heavy (non-hydrogen) atoms. The summed E-state index contributed by atoms with van der Waals surface area (Å²) in [5.74, 6) is 0. The molecule has 0 aromatic heterocycles. The van der Waals surface area contributed by atoms with Crippen molar-refractivity contribution in [2.24, 2.45) is 5.41 Å². The zero-order chi connectivity index (χ0) is 17.8. The molecule has 3 atom stereocenters. The van der Waals surface area contributed by atoms with Gasteiger partial charge in [-0.1, -0.05) is 84.1 Å². The van der Waals surface area contributed by atoms with Crippen molar-refractivity contribution in [2.45, 2.75) is 110 Å². The molecule has 0 radical (unpaired) electrons. The summed E-state index contributed by atoms with van der Waals surface area (Å²) >= 11 is 0. The molecular weight excluding hydrogens is 296 g/mol. The van der Waals surface area contributed by atoms with Crippen LogP contribution < -0.4 is 0 Å². The molecule has 0 amide bonds. The second-order valence-electron chi connectivity index (χ2n) is 8.45. The molecule has 0 aliphatic carbocycles. The first-order valence-electron chi connectivity index (χ1n) is 10.1. The minimum Gasteiger partial charge on any atom is -0.389 e. The van der Waals surface area contributed by atoms with E-state index < -0.39 is 0 Å². The number of unbranched alkanes of at least 4 members (excludes halogenated alkanes) is 6. The fourth-order valence-electron chi connectivity index (χ4n) is 2.85. The van der Waals surface area contributed by atoms with E-state index in [-0.39, 0.29) is 12.2 Å². The fraction of sp³-hybridized carbons (Fsp3) is 0.818. The van der Waals surface area contributed by atoms with Gasteiger partial charge in [0.2, 0.25) is 0 Å². The summed E-state index contributed by atoms with van der Waals surface area (Å²) in [4.78, 5) is 0. The molecule has 1 N–H and O–H groups in total. The highest BCUT2D eigenvalue weighted by Crippen LogP contribution is 2.32. The van der Waals surface area contributed by atoms with Crippen LogP contribution in [0.25, 0.3) is 0 Å². The number of allylic oxidation sites excluding steroid dienone is 1. The van der Waals surface area contributed by atoms with E-state index >= 15 is 0 Å². The van der Waals surface area contributed by atoms with E-state index in [0.717, 1.165) is 12.8 Å². The Morgan fingerprint density at radius 1 is 1.04 bits per heavy atom. The van der Waals surface area contributed by atoms with Gasteiger partial charge in [0.1, 0.15) is 6.10 Å². The standard InChI is InChI=1S/C22H40O2/c1-5-6-7-8-9-10-11-12-13-14-19(23)15-16-20-21(24-20)17-18-22(2,3)4/h12-13,15-16,19-21,23H,5-11,14,17-18H2,1-4H3/b13-12-,16-15+. The summed E-state index contributed by atoms with van der Waals surface area (Å²) in [5.41, 5.74) is 0.376. The summed E-state index contributed by atoms with van der Waals surface area (Å²) in [6.45, 7) is 9.05. The zero-order valence-corrected chi connectivity index (χ0v) is 16.5. The lowest BCUT2D eigenvalue weighted by molar-refractivity contribution is 0.226. The smallest absolute Gasteiger partial charge is 0.102 e. The third-order valence-electron chi connectivity index (χ3n) is 4.59. The van der Waals surface area contributed by atoms with E-state index in [0.29, 0.717) is 17.9 Å². The zero-order valence-electron chi connectivity index (χ0n) is 16.5. The van der Waals surface area contributed by atoms with Gasteiger partial charge in [-0.25, -0.2) is 0 Å². The van der Waals surface area contributed by atoms with Crippen molar-refractivity contribution >= 4 is 0 Å². The van der Waals surface area contributed by atoms with Crippen LogP contribution in [0.5, 0.6) is 0 Å². The Kier molecular flexibility index (Phi) is 10.6. The molecule has 2 nitrogen and oxygen atoms in total. The van der Waals surface area contributed by atoms with Crippen LogP contribution in [0, 0.1) is 5.41 Å². The van der Waals surface area contributed by atoms with Crippen LogP contribution >= 0.6 is 0 Å². The second kappa shape index (κ2) is 11.9. The van der Waals surface area contributed by atoms with E-state index in [1.807, 2.05) is 12.2 Å². The number of ether oxygens (including phenoxy) is 1. The molecule has 1 aliphatic heterocycles. The molecule has 0 saturated carbocycles. The van der Waals surface area contributed by atoms with Crippen molar-refractivity contribution < 1.29 is 9.84 Å². The van der Waals surface area contributed by atoms with Crippen molar-refractivity contribution in [3.8, 4) is 0 Å². The minimum atomic E-state index is -0.377. The van der Waals surface area contributed by atoms with Gasteiger partial charge in [-0.15, -0.1) is 0 Å². The van der Waals surface area contributed by atoms with Gasteiger partial charge in [0.05, 0.1) is 12.2 Å². The van der Waals surface area contributed by atoms with Crippen LogP contribution in [-0.4, -0.2) is 23.4 Å². The van der Waals surface area contributed by atoms with Gasteiger partial charge >= 0.3 is 0 Å². The van der Waals surface area contributed by atoms with Gasteiger partial charge in [0, 0.05) is 0 Å². The first-order valence-corrected chi connectivity index (χ1v) is 10.1. The van der Waals surface area contributed by atoms with Crippen LogP contribution in [0.4, 0.5) is 0 Å². The summed E-state index contributed by atoms with van der Waals surface area (Å²) in [7, 11) is 0. The molecular formula is C22H40O2. The molecule has 0 aromatic rings. The lowest BCUT2D eigenvalue weighted by Gasteiger charge is -2.16. The Balaban J connectivity index is 2.00. The number of aliphatic hydroxyl groups excluding tert-OH is 1. The summed E-state index contributed by atoms with van der Waals surface area (Å²) in [5, 5.41) is 9.98. The average Bonchev–Trinajstić information content (AvgIpc) is 3.27. The molecule has 3 unspecified atom stereocenters. The molecule has 0 bridgehead atoms. The van der Waals surface area contributed by atoms with E-state index in [4.69, 9.17) is 4.74 Å². The van der Waals surface area contributed by atoms with Crippen LogP contribution in [0.15, 0.2) is 24.3 Å². The van der Waals surface area contributed by atoms with E-state index in [2.05, 4.69) is 39.8 Å². The van der Waals surface area contributed by atoms with Gasteiger partial charge in [0.15, 0.2) is 0 Å². The number of hydrogen-bond donors (Lipinski definition) is 1.